The van der Waals surface area contributed by atoms with Crippen LogP contribution in [0.15, 0.2) is 52.7 Å². The molecule has 1 fully saturated rings. The molecule has 4 rings (SSSR count). The van der Waals surface area contributed by atoms with Crippen molar-refractivity contribution in [1.29, 1.82) is 0 Å². The van der Waals surface area contributed by atoms with E-state index in [4.69, 9.17) is 21.1 Å². The Kier molecular flexibility index (Phi) is 6.29. The highest BCUT2D eigenvalue weighted by Gasteiger charge is 2.30. The minimum absolute atomic E-state index is 0.0474. The molecule has 2 aromatic carbocycles. The van der Waals surface area contributed by atoms with E-state index in [9.17, 15) is 13.2 Å². The second-order valence-electron chi connectivity index (χ2n) is 6.96. The Hall–Kier alpha value is -2.46. The molecule has 0 radical (unpaired) electrons. The van der Waals surface area contributed by atoms with E-state index in [0.717, 1.165) is 23.4 Å². The predicted molar refractivity (Wildman–Crippen MR) is 118 cm³/mol. The van der Waals surface area contributed by atoms with Gasteiger partial charge >= 0.3 is 5.97 Å². The van der Waals surface area contributed by atoms with Gasteiger partial charge in [0.05, 0.1) is 23.4 Å². The molecule has 0 saturated heterocycles. The average molecular weight is 479 g/mol. The summed E-state index contributed by atoms with van der Waals surface area (Å²) in [6.07, 6.45) is 1.60. The molecule has 0 amide bonds. The Morgan fingerprint density at radius 1 is 1.26 bits per heavy atom. The minimum atomic E-state index is -3.80. The number of halogens is 1. The van der Waals surface area contributed by atoms with Crippen molar-refractivity contribution < 1.29 is 22.7 Å². The summed E-state index contributed by atoms with van der Waals surface area (Å²) in [5, 5.41) is 3.10. The molecule has 0 atom stereocenters. The number of hydrogen-bond donors (Lipinski definition) is 1. The summed E-state index contributed by atoms with van der Waals surface area (Å²) in [5.74, 6) is -0.494. The Balaban J connectivity index is 1.48. The summed E-state index contributed by atoms with van der Waals surface area (Å²) in [5.41, 5.74) is 1.49. The molecule has 0 spiro atoms. The Morgan fingerprint density at radius 3 is 2.74 bits per heavy atom. The van der Waals surface area contributed by atoms with Crippen molar-refractivity contribution in [2.45, 2.75) is 30.4 Å². The Morgan fingerprint density at radius 2 is 2.03 bits per heavy atom. The summed E-state index contributed by atoms with van der Waals surface area (Å²) in [7, 11) is -2.42. The van der Waals surface area contributed by atoms with Gasteiger partial charge in [-0.2, -0.15) is 0 Å². The fourth-order valence-electron chi connectivity index (χ4n) is 2.85. The highest BCUT2D eigenvalue weighted by atomic mass is 35.5. The number of ether oxygens (including phenoxy) is 2. The number of carbonyl (C=O) groups is 1. The number of hydrogen-bond acceptors (Lipinski definition) is 7. The van der Waals surface area contributed by atoms with Crippen LogP contribution in [0.1, 0.15) is 28.9 Å². The molecule has 7 nitrogen and oxygen atoms in total. The van der Waals surface area contributed by atoms with Crippen molar-refractivity contribution >= 4 is 38.9 Å². The lowest BCUT2D eigenvalue weighted by Gasteiger charge is -2.12. The zero-order valence-electron chi connectivity index (χ0n) is 16.5. The zero-order chi connectivity index (χ0) is 22.0. The van der Waals surface area contributed by atoms with Crippen LogP contribution >= 0.6 is 22.9 Å². The molecule has 1 aliphatic carbocycles. The van der Waals surface area contributed by atoms with Crippen molar-refractivity contribution in [3.8, 4) is 16.3 Å². The molecule has 31 heavy (non-hydrogen) atoms. The second-order valence-corrected chi connectivity index (χ2v) is 9.91. The van der Waals surface area contributed by atoms with Crippen molar-refractivity contribution in [2.24, 2.45) is 0 Å². The molecule has 0 aliphatic heterocycles. The van der Waals surface area contributed by atoms with Crippen molar-refractivity contribution in [3.63, 3.8) is 0 Å². The third-order valence-electron chi connectivity index (χ3n) is 4.60. The van der Waals surface area contributed by atoms with Gasteiger partial charge in [0.15, 0.2) is 0 Å². The fraction of sp³-hybridized carbons (Fsp3) is 0.238. The average Bonchev–Trinajstić information content (AvgIpc) is 3.44. The van der Waals surface area contributed by atoms with E-state index in [-0.39, 0.29) is 28.9 Å². The van der Waals surface area contributed by atoms with E-state index in [0.29, 0.717) is 10.7 Å². The van der Waals surface area contributed by atoms with Gasteiger partial charge in [-0.25, -0.2) is 22.9 Å². The monoisotopic (exact) mass is 478 g/mol. The number of nitrogens with one attached hydrogen (secondary N) is 1. The Bertz CT molecular complexity index is 1220. The van der Waals surface area contributed by atoms with Gasteiger partial charge in [0.2, 0.25) is 10.0 Å². The molecule has 3 aromatic rings. The van der Waals surface area contributed by atoms with Crippen LogP contribution < -0.4 is 9.46 Å². The normalized spacial score (nSPS) is 13.7. The molecule has 1 saturated carbocycles. The SMILES string of the molecule is COc1ccc(C(=O)OCc2csc(-c3ccccc3Cl)n2)cc1S(=O)(=O)NC1CC1. The molecule has 10 heteroatoms. The van der Waals surface area contributed by atoms with Crippen LogP contribution in [0.3, 0.4) is 0 Å². The quantitative estimate of drug-likeness (QED) is 0.486. The van der Waals surface area contributed by atoms with E-state index in [2.05, 4.69) is 9.71 Å². The van der Waals surface area contributed by atoms with Crippen LogP contribution in [0.5, 0.6) is 5.75 Å². The van der Waals surface area contributed by atoms with E-state index in [1.54, 1.807) is 11.4 Å². The van der Waals surface area contributed by atoms with Gasteiger partial charge in [0, 0.05) is 17.0 Å². The van der Waals surface area contributed by atoms with Crippen LogP contribution in [-0.2, 0) is 21.4 Å². The first-order valence-corrected chi connectivity index (χ1v) is 12.2. The number of methoxy groups -OCH3 is 1. The van der Waals surface area contributed by atoms with Gasteiger partial charge in [-0.05, 0) is 37.1 Å². The fourth-order valence-corrected chi connectivity index (χ4v) is 5.48. The van der Waals surface area contributed by atoms with Gasteiger partial charge in [0.25, 0.3) is 0 Å². The summed E-state index contributed by atoms with van der Waals surface area (Å²) in [6.45, 7) is -0.0474. The highest BCUT2D eigenvalue weighted by Crippen LogP contribution is 2.31. The summed E-state index contributed by atoms with van der Waals surface area (Å²) in [4.78, 5) is 16.9. The number of aromatic nitrogens is 1. The first kappa shape index (κ1) is 21.8. The maximum Gasteiger partial charge on any atom is 0.338 e. The first-order valence-electron chi connectivity index (χ1n) is 9.44. The van der Waals surface area contributed by atoms with Crippen LogP contribution in [0, 0.1) is 0 Å². The second kappa shape index (κ2) is 8.96. The molecule has 1 heterocycles. The summed E-state index contributed by atoms with van der Waals surface area (Å²) < 4.78 is 38.3. The maximum absolute atomic E-state index is 12.6. The van der Waals surface area contributed by atoms with E-state index in [1.807, 2.05) is 18.2 Å². The van der Waals surface area contributed by atoms with Gasteiger partial charge in [-0.1, -0.05) is 29.8 Å². The number of esters is 1. The van der Waals surface area contributed by atoms with E-state index >= 15 is 0 Å². The third kappa shape index (κ3) is 5.07. The molecule has 162 valence electrons. The lowest BCUT2D eigenvalue weighted by atomic mass is 10.2. The van der Waals surface area contributed by atoms with E-state index < -0.39 is 16.0 Å². The molecule has 1 aliphatic rings. The highest BCUT2D eigenvalue weighted by molar-refractivity contribution is 7.89. The largest absolute Gasteiger partial charge is 0.495 e. The predicted octanol–water partition coefficient (Wildman–Crippen LogP) is 4.27. The smallest absolute Gasteiger partial charge is 0.338 e. The zero-order valence-corrected chi connectivity index (χ0v) is 18.9. The van der Waals surface area contributed by atoms with Gasteiger partial charge in [0.1, 0.15) is 22.3 Å². The van der Waals surface area contributed by atoms with Gasteiger partial charge in [-0.15, -0.1) is 11.3 Å². The number of nitrogens with zero attached hydrogens (tertiary/aromatic N) is 1. The van der Waals surface area contributed by atoms with Crippen LogP contribution in [0.25, 0.3) is 10.6 Å². The topological polar surface area (TPSA) is 94.6 Å². The van der Waals surface area contributed by atoms with Crippen molar-refractivity contribution in [1.82, 2.24) is 9.71 Å². The molecular formula is C21H19ClN2O5S2. The lowest BCUT2D eigenvalue weighted by molar-refractivity contribution is 0.0468. The minimum Gasteiger partial charge on any atom is -0.495 e. The maximum atomic E-state index is 12.6. The van der Waals surface area contributed by atoms with Crippen molar-refractivity contribution in [2.75, 3.05) is 7.11 Å². The Labute approximate surface area is 189 Å². The van der Waals surface area contributed by atoms with E-state index in [1.165, 1.54) is 36.6 Å². The molecule has 1 aromatic heterocycles. The molecule has 0 unspecified atom stereocenters. The third-order valence-corrected chi connectivity index (χ3v) is 7.39. The summed E-state index contributed by atoms with van der Waals surface area (Å²) in [6, 6.07) is 11.5. The van der Waals surface area contributed by atoms with Crippen LogP contribution in [0.4, 0.5) is 0 Å². The standard InChI is InChI=1S/C21H19ClN2O5S2/c1-28-18-9-6-13(10-19(18)31(26,27)24-14-7-8-14)21(25)29-11-15-12-30-20(23-15)16-4-2-3-5-17(16)22/h2-6,9-10,12,14,24H,7-8,11H2,1H3. The van der Waals surface area contributed by atoms with Crippen LogP contribution in [0.2, 0.25) is 5.02 Å². The number of sulfonamides is 1. The van der Waals surface area contributed by atoms with Crippen LogP contribution in [-0.4, -0.2) is 32.5 Å². The first-order chi connectivity index (χ1) is 14.9. The molecule has 0 bridgehead atoms. The number of carbonyl (C=O) groups excluding carboxylic acids is 1. The number of thiazole rings is 1. The molecule has 1 N–H and O–H groups in total. The van der Waals surface area contributed by atoms with Gasteiger partial charge in [-0.3, -0.25) is 0 Å². The van der Waals surface area contributed by atoms with Crippen molar-refractivity contribution in [3.05, 3.63) is 64.1 Å². The molecular weight excluding hydrogens is 460 g/mol. The number of rotatable bonds is 8. The summed E-state index contributed by atoms with van der Waals surface area (Å²) >= 11 is 7.60. The number of benzene rings is 2. The van der Waals surface area contributed by atoms with Gasteiger partial charge < -0.3 is 9.47 Å². The lowest BCUT2D eigenvalue weighted by Crippen LogP contribution is -2.26.